The number of thioether (sulfide) groups is 1. The maximum atomic E-state index is 12.2. The third-order valence-corrected chi connectivity index (χ3v) is 5.19. The Balaban J connectivity index is 1.28. The van der Waals surface area contributed by atoms with Crippen LogP contribution in [0.2, 0.25) is 0 Å². The molecule has 1 N–H and O–H groups in total. The van der Waals surface area contributed by atoms with E-state index in [-0.39, 0.29) is 5.91 Å². The number of carbonyl (C=O) groups excluding carboxylic acids is 1. The molecule has 4 rings (SSSR count). The van der Waals surface area contributed by atoms with Gasteiger partial charge in [-0.05, 0) is 11.5 Å². The lowest BCUT2D eigenvalue weighted by Crippen LogP contribution is -2.29. The third-order valence-electron chi connectivity index (χ3n) is 4.24. The number of hydrogen-bond donors (Lipinski definition) is 1. The SMILES string of the molecule is O=C(CC1=CSC2=NCCN12)NCCc1nccc(-c2ccccc2)n1. The summed E-state index contributed by atoms with van der Waals surface area (Å²) in [5, 5.41) is 5.99. The summed E-state index contributed by atoms with van der Waals surface area (Å²) in [6.07, 6.45) is 2.76. The van der Waals surface area contributed by atoms with E-state index >= 15 is 0 Å². The number of fused-ring (bicyclic) bond motifs is 1. The molecule has 7 heteroatoms. The van der Waals surface area contributed by atoms with E-state index in [4.69, 9.17) is 0 Å². The zero-order valence-corrected chi connectivity index (χ0v) is 15.1. The van der Waals surface area contributed by atoms with Gasteiger partial charge >= 0.3 is 0 Å². The van der Waals surface area contributed by atoms with Gasteiger partial charge in [-0.3, -0.25) is 9.79 Å². The number of aromatic nitrogens is 2. The molecular weight excluding hydrogens is 346 g/mol. The summed E-state index contributed by atoms with van der Waals surface area (Å²) in [6.45, 7) is 2.22. The van der Waals surface area contributed by atoms with Crippen molar-refractivity contribution in [3.63, 3.8) is 0 Å². The van der Waals surface area contributed by atoms with Crippen LogP contribution in [0.15, 0.2) is 58.7 Å². The van der Waals surface area contributed by atoms with Gasteiger partial charge < -0.3 is 10.2 Å². The van der Waals surface area contributed by atoms with Crippen molar-refractivity contribution < 1.29 is 4.79 Å². The Labute approximate surface area is 156 Å². The molecule has 1 aromatic carbocycles. The Morgan fingerprint density at radius 3 is 3.00 bits per heavy atom. The van der Waals surface area contributed by atoms with E-state index in [1.54, 1.807) is 18.0 Å². The fourth-order valence-corrected chi connectivity index (χ4v) is 3.90. The molecule has 0 aliphatic carbocycles. The first-order valence-electron chi connectivity index (χ1n) is 8.61. The molecule has 1 amide bonds. The Kier molecular flexibility index (Phi) is 4.97. The van der Waals surface area contributed by atoms with Crippen molar-refractivity contribution in [3.8, 4) is 11.3 Å². The zero-order valence-electron chi connectivity index (χ0n) is 14.3. The maximum Gasteiger partial charge on any atom is 0.225 e. The lowest BCUT2D eigenvalue weighted by molar-refractivity contribution is -0.120. The molecule has 0 fully saturated rings. The number of carbonyl (C=O) groups is 1. The molecule has 0 bridgehead atoms. The normalized spacial score (nSPS) is 15.5. The fourth-order valence-electron chi connectivity index (χ4n) is 2.95. The first-order chi connectivity index (χ1) is 12.8. The minimum absolute atomic E-state index is 0.0178. The van der Waals surface area contributed by atoms with Gasteiger partial charge in [0, 0.05) is 37.0 Å². The summed E-state index contributed by atoms with van der Waals surface area (Å²) < 4.78 is 0. The Bertz CT molecular complexity index is 865. The van der Waals surface area contributed by atoms with Gasteiger partial charge in [0.1, 0.15) is 5.82 Å². The van der Waals surface area contributed by atoms with Crippen LogP contribution in [0.1, 0.15) is 12.2 Å². The average molecular weight is 365 g/mol. The van der Waals surface area contributed by atoms with Crippen LogP contribution in [0.5, 0.6) is 0 Å². The summed E-state index contributed by atoms with van der Waals surface area (Å²) in [4.78, 5) is 27.6. The molecular formula is C19H19N5OS. The highest BCUT2D eigenvalue weighted by atomic mass is 32.2. The smallest absolute Gasteiger partial charge is 0.225 e. The van der Waals surface area contributed by atoms with Gasteiger partial charge in [0.2, 0.25) is 5.91 Å². The lowest BCUT2D eigenvalue weighted by atomic mass is 10.1. The molecule has 2 aliphatic rings. The second kappa shape index (κ2) is 7.70. The first-order valence-corrected chi connectivity index (χ1v) is 9.49. The molecule has 6 nitrogen and oxygen atoms in total. The van der Waals surface area contributed by atoms with E-state index in [0.29, 0.717) is 19.4 Å². The van der Waals surface area contributed by atoms with Gasteiger partial charge in [-0.2, -0.15) is 0 Å². The molecule has 2 aliphatic heterocycles. The Hall–Kier alpha value is -2.67. The molecule has 0 saturated carbocycles. The quantitative estimate of drug-likeness (QED) is 0.851. The monoisotopic (exact) mass is 365 g/mol. The van der Waals surface area contributed by atoms with Gasteiger partial charge in [0.25, 0.3) is 0 Å². The molecule has 1 aromatic heterocycles. The molecule has 0 unspecified atom stereocenters. The largest absolute Gasteiger partial charge is 0.355 e. The van der Waals surface area contributed by atoms with E-state index in [1.807, 2.05) is 41.8 Å². The minimum atomic E-state index is 0.0178. The number of benzene rings is 1. The van der Waals surface area contributed by atoms with Crippen molar-refractivity contribution in [1.29, 1.82) is 0 Å². The second-order valence-corrected chi connectivity index (χ2v) is 6.88. The van der Waals surface area contributed by atoms with Crippen molar-refractivity contribution >= 4 is 22.8 Å². The molecule has 0 spiro atoms. The van der Waals surface area contributed by atoms with Crippen molar-refractivity contribution in [2.24, 2.45) is 4.99 Å². The third kappa shape index (κ3) is 3.77. The Morgan fingerprint density at radius 1 is 1.23 bits per heavy atom. The number of nitrogens with zero attached hydrogens (tertiary/aromatic N) is 4. The van der Waals surface area contributed by atoms with Crippen LogP contribution in [0.4, 0.5) is 0 Å². The highest BCUT2D eigenvalue weighted by molar-refractivity contribution is 8.16. The predicted octanol–water partition coefficient (Wildman–Crippen LogP) is 2.45. The van der Waals surface area contributed by atoms with Crippen LogP contribution in [0.3, 0.4) is 0 Å². The van der Waals surface area contributed by atoms with Crippen LogP contribution in [0.25, 0.3) is 11.3 Å². The molecule has 0 radical (unpaired) electrons. The van der Waals surface area contributed by atoms with Gasteiger partial charge in [-0.15, -0.1) is 0 Å². The average Bonchev–Trinajstić information content (AvgIpc) is 3.28. The standard InChI is InChI=1S/C19H19N5OS/c25-18(12-15-13-26-19-22-10-11-24(15)19)21-9-7-17-20-8-6-16(23-17)14-4-2-1-3-5-14/h1-6,8,13H,7,9-12H2,(H,21,25). The summed E-state index contributed by atoms with van der Waals surface area (Å²) in [5.74, 6) is 0.750. The van der Waals surface area contributed by atoms with Crippen molar-refractivity contribution in [3.05, 3.63) is 59.5 Å². The topological polar surface area (TPSA) is 70.5 Å². The van der Waals surface area contributed by atoms with Crippen LogP contribution in [0, 0.1) is 0 Å². The van der Waals surface area contributed by atoms with E-state index in [1.165, 1.54) is 0 Å². The first kappa shape index (κ1) is 16.8. The van der Waals surface area contributed by atoms with Crippen molar-refractivity contribution in [1.82, 2.24) is 20.2 Å². The lowest BCUT2D eigenvalue weighted by Gasteiger charge is -2.16. The number of nitrogens with one attached hydrogen (secondary N) is 1. The van der Waals surface area contributed by atoms with Gasteiger partial charge in [0.05, 0.1) is 18.7 Å². The number of hydrogen-bond acceptors (Lipinski definition) is 6. The van der Waals surface area contributed by atoms with Crippen LogP contribution in [-0.2, 0) is 11.2 Å². The number of amidine groups is 1. The van der Waals surface area contributed by atoms with Crippen LogP contribution >= 0.6 is 11.8 Å². The molecule has 0 atom stereocenters. The molecule has 2 aromatic rings. The number of rotatable bonds is 6. The minimum Gasteiger partial charge on any atom is -0.355 e. The maximum absolute atomic E-state index is 12.2. The Morgan fingerprint density at radius 2 is 2.12 bits per heavy atom. The molecule has 132 valence electrons. The number of aliphatic imine (C=N–C) groups is 1. The highest BCUT2D eigenvalue weighted by Gasteiger charge is 2.27. The van der Waals surface area contributed by atoms with E-state index in [9.17, 15) is 4.79 Å². The fraction of sp³-hybridized carbons (Fsp3) is 0.263. The summed E-state index contributed by atoms with van der Waals surface area (Å²) >= 11 is 1.60. The van der Waals surface area contributed by atoms with E-state index in [0.717, 1.165) is 41.0 Å². The van der Waals surface area contributed by atoms with Gasteiger partial charge in [0.15, 0.2) is 5.17 Å². The number of amides is 1. The molecule has 0 saturated heterocycles. The van der Waals surface area contributed by atoms with Crippen LogP contribution < -0.4 is 5.32 Å². The van der Waals surface area contributed by atoms with Crippen molar-refractivity contribution in [2.75, 3.05) is 19.6 Å². The van der Waals surface area contributed by atoms with Crippen molar-refractivity contribution in [2.45, 2.75) is 12.8 Å². The van der Waals surface area contributed by atoms with E-state index in [2.05, 4.69) is 25.2 Å². The summed E-state index contributed by atoms with van der Waals surface area (Å²) in [5.41, 5.74) is 3.00. The van der Waals surface area contributed by atoms with Gasteiger partial charge in [-0.1, -0.05) is 42.1 Å². The predicted molar refractivity (Wildman–Crippen MR) is 103 cm³/mol. The zero-order chi connectivity index (χ0) is 17.8. The van der Waals surface area contributed by atoms with Gasteiger partial charge in [-0.25, -0.2) is 9.97 Å². The highest BCUT2D eigenvalue weighted by Crippen LogP contribution is 2.30. The molecule has 3 heterocycles. The summed E-state index contributed by atoms with van der Waals surface area (Å²) in [6, 6.07) is 11.9. The second-order valence-electron chi connectivity index (χ2n) is 6.04. The molecule has 26 heavy (non-hydrogen) atoms. The summed E-state index contributed by atoms with van der Waals surface area (Å²) in [7, 11) is 0. The van der Waals surface area contributed by atoms with Crippen LogP contribution in [-0.4, -0.2) is 45.6 Å². The van der Waals surface area contributed by atoms with E-state index < -0.39 is 0 Å².